The van der Waals surface area contributed by atoms with Crippen LogP contribution < -0.4 is 5.32 Å². The van der Waals surface area contributed by atoms with E-state index >= 15 is 0 Å². The highest BCUT2D eigenvalue weighted by Gasteiger charge is 2.14. The van der Waals surface area contributed by atoms with Crippen molar-refractivity contribution in [3.05, 3.63) is 47.3 Å². The third kappa shape index (κ3) is 3.26. The number of rotatable bonds is 5. The Balaban J connectivity index is 1.83. The van der Waals surface area contributed by atoms with E-state index in [-0.39, 0.29) is 5.91 Å². The van der Waals surface area contributed by atoms with Gasteiger partial charge in [0.15, 0.2) is 0 Å². The maximum absolute atomic E-state index is 11.9. The highest BCUT2D eigenvalue weighted by molar-refractivity contribution is 5.95. The van der Waals surface area contributed by atoms with Crippen molar-refractivity contribution in [2.75, 3.05) is 6.54 Å². The summed E-state index contributed by atoms with van der Waals surface area (Å²) in [5, 5.41) is 12.5. The third-order valence-electron chi connectivity index (χ3n) is 2.86. The number of aliphatic hydroxyl groups excluding tert-OH is 1. The maximum atomic E-state index is 11.9. The molecule has 1 atom stereocenters. The summed E-state index contributed by atoms with van der Waals surface area (Å²) in [6.45, 7) is 3.91. The molecule has 19 heavy (non-hydrogen) atoms. The lowest BCUT2D eigenvalue weighted by molar-refractivity contribution is 0.0934. The van der Waals surface area contributed by atoms with E-state index in [2.05, 4.69) is 5.32 Å². The topological polar surface area (TPSA) is 75.6 Å². The molecule has 0 spiro atoms. The van der Waals surface area contributed by atoms with Crippen molar-refractivity contribution < 1.29 is 18.7 Å². The Kier molecular flexibility index (Phi) is 4.06. The van der Waals surface area contributed by atoms with Gasteiger partial charge in [0.25, 0.3) is 5.91 Å². The van der Waals surface area contributed by atoms with E-state index in [0.717, 1.165) is 0 Å². The largest absolute Gasteiger partial charge is 0.467 e. The summed E-state index contributed by atoms with van der Waals surface area (Å²) in [4.78, 5) is 11.9. The zero-order valence-electron chi connectivity index (χ0n) is 11.0. The molecule has 2 heterocycles. The maximum Gasteiger partial charge on any atom is 0.254 e. The van der Waals surface area contributed by atoms with Gasteiger partial charge in [-0.1, -0.05) is 0 Å². The Labute approximate surface area is 111 Å². The minimum Gasteiger partial charge on any atom is -0.467 e. The van der Waals surface area contributed by atoms with Gasteiger partial charge in [-0.3, -0.25) is 4.79 Å². The van der Waals surface area contributed by atoms with Crippen molar-refractivity contribution >= 4 is 5.91 Å². The number of hydrogen-bond acceptors (Lipinski definition) is 4. The lowest BCUT2D eigenvalue weighted by Crippen LogP contribution is -2.25. The Hall–Kier alpha value is -2.01. The summed E-state index contributed by atoms with van der Waals surface area (Å²) in [6, 6.07) is 5.12. The number of furan rings is 2. The van der Waals surface area contributed by atoms with Gasteiger partial charge in [0.05, 0.1) is 11.8 Å². The van der Waals surface area contributed by atoms with Crippen molar-refractivity contribution in [2.45, 2.75) is 26.4 Å². The van der Waals surface area contributed by atoms with Gasteiger partial charge in [-0.2, -0.15) is 0 Å². The van der Waals surface area contributed by atoms with Crippen LogP contribution in [0.4, 0.5) is 0 Å². The van der Waals surface area contributed by atoms with Gasteiger partial charge >= 0.3 is 0 Å². The van der Waals surface area contributed by atoms with Gasteiger partial charge in [0, 0.05) is 6.54 Å². The molecule has 1 amide bonds. The molecule has 0 aliphatic heterocycles. The van der Waals surface area contributed by atoms with Crippen molar-refractivity contribution in [3.63, 3.8) is 0 Å². The molecule has 0 radical (unpaired) electrons. The lowest BCUT2D eigenvalue weighted by atomic mass is 10.2. The standard InChI is InChI=1S/C14H17NO4/c1-9-8-11(10(2)19-9)14(17)15-6-5-12(16)13-4-3-7-18-13/h3-4,7-8,12,16H,5-6H2,1-2H3,(H,15,17). The van der Waals surface area contributed by atoms with Crippen molar-refractivity contribution in [3.8, 4) is 0 Å². The summed E-state index contributed by atoms with van der Waals surface area (Å²) in [7, 11) is 0. The first-order valence-corrected chi connectivity index (χ1v) is 6.14. The molecule has 5 nitrogen and oxygen atoms in total. The average molecular weight is 263 g/mol. The fraction of sp³-hybridized carbons (Fsp3) is 0.357. The normalized spacial score (nSPS) is 12.4. The molecule has 102 valence electrons. The molecule has 5 heteroatoms. The van der Waals surface area contributed by atoms with Crippen molar-refractivity contribution in [1.82, 2.24) is 5.32 Å². The van der Waals surface area contributed by atoms with Crippen LogP contribution in [0.3, 0.4) is 0 Å². The number of aryl methyl sites for hydroxylation is 2. The second-order valence-corrected chi connectivity index (χ2v) is 4.40. The molecule has 2 rings (SSSR count). The molecule has 0 saturated carbocycles. The number of nitrogens with one attached hydrogen (secondary N) is 1. The van der Waals surface area contributed by atoms with Crippen LogP contribution >= 0.6 is 0 Å². The van der Waals surface area contributed by atoms with E-state index in [1.54, 1.807) is 32.0 Å². The molecule has 2 N–H and O–H groups in total. The van der Waals surface area contributed by atoms with Crippen LogP contribution in [0.1, 0.15) is 40.2 Å². The predicted molar refractivity (Wildman–Crippen MR) is 68.8 cm³/mol. The van der Waals surface area contributed by atoms with Crippen LogP contribution in [0, 0.1) is 13.8 Å². The fourth-order valence-electron chi connectivity index (χ4n) is 1.90. The smallest absolute Gasteiger partial charge is 0.254 e. The van der Waals surface area contributed by atoms with E-state index in [4.69, 9.17) is 8.83 Å². The summed E-state index contributed by atoms with van der Waals surface area (Å²) in [5.74, 6) is 1.62. The van der Waals surface area contributed by atoms with Crippen LogP contribution in [0.2, 0.25) is 0 Å². The summed E-state index contributed by atoms with van der Waals surface area (Å²) < 4.78 is 10.4. The fourth-order valence-corrected chi connectivity index (χ4v) is 1.90. The molecule has 0 aliphatic carbocycles. The van der Waals surface area contributed by atoms with Crippen LogP contribution in [-0.2, 0) is 0 Å². The van der Waals surface area contributed by atoms with Gasteiger partial charge in [0.2, 0.25) is 0 Å². The van der Waals surface area contributed by atoms with Crippen LogP contribution in [-0.4, -0.2) is 17.6 Å². The van der Waals surface area contributed by atoms with Crippen molar-refractivity contribution in [2.24, 2.45) is 0 Å². The van der Waals surface area contributed by atoms with E-state index in [9.17, 15) is 9.90 Å². The first kappa shape index (κ1) is 13.4. The number of carbonyl (C=O) groups is 1. The van der Waals surface area contributed by atoms with E-state index in [1.165, 1.54) is 6.26 Å². The first-order chi connectivity index (χ1) is 9.08. The number of aliphatic hydroxyl groups is 1. The molecule has 0 bridgehead atoms. The quantitative estimate of drug-likeness (QED) is 0.868. The monoisotopic (exact) mass is 263 g/mol. The first-order valence-electron chi connectivity index (χ1n) is 6.14. The number of hydrogen-bond donors (Lipinski definition) is 2. The SMILES string of the molecule is Cc1cc(C(=O)NCCC(O)c2ccco2)c(C)o1. The molecule has 2 aromatic rings. The molecular weight excluding hydrogens is 246 g/mol. The number of amides is 1. The van der Waals surface area contributed by atoms with Gasteiger partial charge in [-0.05, 0) is 38.5 Å². The summed E-state index contributed by atoms with van der Waals surface area (Å²) in [6.07, 6.45) is 1.20. The van der Waals surface area contributed by atoms with Gasteiger partial charge in [-0.15, -0.1) is 0 Å². The Morgan fingerprint density at radius 2 is 2.26 bits per heavy atom. The summed E-state index contributed by atoms with van der Waals surface area (Å²) >= 11 is 0. The predicted octanol–water partition coefficient (Wildman–Crippen LogP) is 2.34. The molecule has 0 aliphatic rings. The Bertz CT molecular complexity index is 542. The van der Waals surface area contributed by atoms with Gasteiger partial charge < -0.3 is 19.3 Å². The van der Waals surface area contributed by atoms with E-state index < -0.39 is 6.10 Å². The van der Waals surface area contributed by atoms with E-state index in [0.29, 0.717) is 35.8 Å². The van der Waals surface area contributed by atoms with Gasteiger partial charge in [-0.25, -0.2) is 0 Å². The minimum absolute atomic E-state index is 0.194. The molecule has 2 aromatic heterocycles. The van der Waals surface area contributed by atoms with Crippen LogP contribution in [0.5, 0.6) is 0 Å². The molecule has 0 aromatic carbocycles. The summed E-state index contributed by atoms with van der Waals surface area (Å²) in [5.41, 5.74) is 0.532. The molecule has 0 fully saturated rings. The highest BCUT2D eigenvalue weighted by Crippen LogP contribution is 2.16. The molecule has 1 unspecified atom stereocenters. The zero-order chi connectivity index (χ0) is 13.8. The van der Waals surface area contributed by atoms with Crippen molar-refractivity contribution in [1.29, 1.82) is 0 Å². The van der Waals surface area contributed by atoms with Gasteiger partial charge in [0.1, 0.15) is 23.4 Å². The highest BCUT2D eigenvalue weighted by atomic mass is 16.4. The molecular formula is C14H17NO4. The van der Waals surface area contributed by atoms with Crippen LogP contribution in [0.15, 0.2) is 33.3 Å². The lowest BCUT2D eigenvalue weighted by Gasteiger charge is -2.08. The minimum atomic E-state index is -0.706. The Morgan fingerprint density at radius 3 is 2.84 bits per heavy atom. The second kappa shape index (κ2) is 5.75. The third-order valence-corrected chi connectivity index (χ3v) is 2.86. The van der Waals surface area contributed by atoms with Crippen LogP contribution in [0.25, 0.3) is 0 Å². The van der Waals surface area contributed by atoms with E-state index in [1.807, 2.05) is 0 Å². The average Bonchev–Trinajstić information content (AvgIpc) is 2.98. The molecule has 0 saturated heterocycles. The number of carbonyl (C=O) groups excluding carboxylic acids is 1. The second-order valence-electron chi connectivity index (χ2n) is 4.40. The Morgan fingerprint density at radius 1 is 1.47 bits per heavy atom. The zero-order valence-corrected chi connectivity index (χ0v) is 11.0.